The summed E-state index contributed by atoms with van der Waals surface area (Å²) in [6.07, 6.45) is 1.78. The van der Waals surface area contributed by atoms with E-state index in [9.17, 15) is 4.79 Å². The maximum Gasteiger partial charge on any atom is 0.358 e. The predicted molar refractivity (Wildman–Crippen MR) is 59.9 cm³/mol. The van der Waals surface area contributed by atoms with Crippen molar-refractivity contribution >= 4 is 32.8 Å². The van der Waals surface area contributed by atoms with Crippen molar-refractivity contribution in [2.45, 2.75) is 6.92 Å². The normalized spacial score (nSPS) is 10.6. The van der Waals surface area contributed by atoms with E-state index in [-0.39, 0.29) is 0 Å². The third-order valence-corrected chi connectivity index (χ3v) is 2.78. The number of aryl methyl sites for hydroxylation is 1. The lowest BCUT2D eigenvalue weighted by molar-refractivity contribution is 0.0596. The lowest BCUT2D eigenvalue weighted by atomic mass is 10.2. The molecule has 1 N–H and O–H groups in total. The number of hydrogen-bond donors (Lipinski definition) is 1. The predicted octanol–water partition coefficient (Wildman–Crippen LogP) is 2.42. The van der Waals surface area contributed by atoms with Crippen LogP contribution in [0.15, 0.2) is 16.7 Å². The van der Waals surface area contributed by atoms with Crippen LogP contribution in [0.5, 0.6) is 0 Å². The van der Waals surface area contributed by atoms with Crippen molar-refractivity contribution in [2.24, 2.45) is 0 Å². The first-order valence-corrected chi connectivity index (χ1v) is 5.15. The molecule has 78 valence electrons. The topological polar surface area (TPSA) is 55.0 Å². The lowest BCUT2D eigenvalue weighted by Crippen LogP contribution is -2.06. The summed E-state index contributed by atoms with van der Waals surface area (Å²) in [5, 5.41) is 0.933. The second-order valence-electron chi connectivity index (χ2n) is 3.16. The first-order chi connectivity index (χ1) is 7.13. The van der Waals surface area contributed by atoms with Crippen LogP contribution in [0, 0.1) is 6.92 Å². The number of aromatic nitrogens is 2. The first kappa shape index (κ1) is 10.2. The highest BCUT2D eigenvalue weighted by atomic mass is 79.9. The molecule has 0 fully saturated rings. The summed E-state index contributed by atoms with van der Waals surface area (Å²) in [6, 6.07) is 1.91. The Bertz CT molecular complexity index is 533. The highest BCUT2D eigenvalue weighted by Crippen LogP contribution is 2.26. The summed E-state index contributed by atoms with van der Waals surface area (Å²) in [5.41, 5.74) is 1.79. The van der Waals surface area contributed by atoms with Gasteiger partial charge in [0, 0.05) is 21.7 Å². The summed E-state index contributed by atoms with van der Waals surface area (Å²) < 4.78 is 5.58. The summed E-state index contributed by atoms with van der Waals surface area (Å²) in [5.74, 6) is -0.432. The number of aromatic amines is 1. The number of halogens is 1. The fourth-order valence-corrected chi connectivity index (χ4v) is 1.89. The molecule has 0 radical (unpaired) electrons. The second-order valence-corrected chi connectivity index (χ2v) is 4.02. The molecule has 0 saturated carbocycles. The molecule has 0 spiro atoms. The molecule has 2 heterocycles. The molecule has 0 aliphatic rings. The Labute approximate surface area is 94.8 Å². The van der Waals surface area contributed by atoms with E-state index in [1.807, 2.05) is 13.0 Å². The maximum atomic E-state index is 11.5. The van der Waals surface area contributed by atoms with Crippen LogP contribution in [0.1, 0.15) is 16.2 Å². The van der Waals surface area contributed by atoms with E-state index < -0.39 is 5.97 Å². The van der Waals surface area contributed by atoms with Gasteiger partial charge in [-0.2, -0.15) is 0 Å². The SMILES string of the molecule is COC(=O)c1nc(C)cc2c(Br)c[nH]c12. The molecule has 2 aromatic heterocycles. The quantitative estimate of drug-likeness (QED) is 0.809. The number of nitrogens with zero attached hydrogens (tertiary/aromatic N) is 1. The highest BCUT2D eigenvalue weighted by Gasteiger charge is 2.15. The van der Waals surface area contributed by atoms with Crippen molar-refractivity contribution in [1.29, 1.82) is 0 Å². The van der Waals surface area contributed by atoms with Gasteiger partial charge in [-0.15, -0.1) is 0 Å². The number of methoxy groups -OCH3 is 1. The van der Waals surface area contributed by atoms with Gasteiger partial charge < -0.3 is 9.72 Å². The zero-order valence-corrected chi connectivity index (χ0v) is 9.88. The van der Waals surface area contributed by atoms with Crippen molar-refractivity contribution in [2.75, 3.05) is 7.11 Å². The van der Waals surface area contributed by atoms with Crippen molar-refractivity contribution in [3.63, 3.8) is 0 Å². The van der Waals surface area contributed by atoms with Crippen LogP contribution in [0.2, 0.25) is 0 Å². The van der Waals surface area contributed by atoms with E-state index in [1.165, 1.54) is 7.11 Å². The van der Waals surface area contributed by atoms with Gasteiger partial charge in [-0.1, -0.05) is 0 Å². The van der Waals surface area contributed by atoms with Crippen LogP contribution in [-0.2, 0) is 4.74 Å². The average molecular weight is 269 g/mol. The Morgan fingerprint density at radius 1 is 1.60 bits per heavy atom. The maximum absolute atomic E-state index is 11.5. The van der Waals surface area contributed by atoms with Crippen LogP contribution in [0.25, 0.3) is 10.9 Å². The van der Waals surface area contributed by atoms with Crippen LogP contribution in [0.3, 0.4) is 0 Å². The van der Waals surface area contributed by atoms with Gasteiger partial charge in [0.25, 0.3) is 0 Å². The number of carbonyl (C=O) groups excluding carboxylic acids is 1. The van der Waals surface area contributed by atoms with Gasteiger partial charge in [0.05, 0.1) is 12.6 Å². The van der Waals surface area contributed by atoms with Crippen LogP contribution in [0.4, 0.5) is 0 Å². The molecule has 0 amide bonds. The molecule has 0 aromatic carbocycles. The highest BCUT2D eigenvalue weighted by molar-refractivity contribution is 9.10. The minimum atomic E-state index is -0.432. The van der Waals surface area contributed by atoms with Gasteiger partial charge in [-0.25, -0.2) is 9.78 Å². The van der Waals surface area contributed by atoms with E-state index >= 15 is 0 Å². The molecule has 0 atom stereocenters. The molecular formula is C10H9BrN2O2. The molecule has 0 saturated heterocycles. The van der Waals surface area contributed by atoms with E-state index in [1.54, 1.807) is 6.20 Å². The Hall–Kier alpha value is -1.36. The van der Waals surface area contributed by atoms with Gasteiger partial charge in [-0.3, -0.25) is 0 Å². The fourth-order valence-electron chi connectivity index (χ4n) is 1.47. The monoisotopic (exact) mass is 268 g/mol. The smallest absolute Gasteiger partial charge is 0.358 e. The molecule has 2 rings (SSSR count). The van der Waals surface area contributed by atoms with Crippen molar-refractivity contribution < 1.29 is 9.53 Å². The van der Waals surface area contributed by atoms with Crippen LogP contribution < -0.4 is 0 Å². The van der Waals surface area contributed by atoms with Gasteiger partial charge in [0.1, 0.15) is 0 Å². The van der Waals surface area contributed by atoms with Gasteiger partial charge in [-0.05, 0) is 28.9 Å². The summed E-state index contributed by atoms with van der Waals surface area (Å²) in [4.78, 5) is 18.6. The summed E-state index contributed by atoms with van der Waals surface area (Å²) in [6.45, 7) is 1.84. The number of esters is 1. The van der Waals surface area contributed by atoms with Gasteiger partial charge in [0.2, 0.25) is 0 Å². The Kier molecular flexibility index (Phi) is 2.48. The fraction of sp³-hybridized carbons (Fsp3) is 0.200. The lowest BCUT2D eigenvalue weighted by Gasteiger charge is -2.02. The third-order valence-electron chi connectivity index (χ3n) is 2.13. The molecule has 15 heavy (non-hydrogen) atoms. The number of fused-ring (bicyclic) bond motifs is 1. The number of ether oxygens (including phenoxy) is 1. The number of carbonyl (C=O) groups is 1. The number of rotatable bonds is 1. The molecule has 0 aliphatic heterocycles. The zero-order valence-electron chi connectivity index (χ0n) is 8.30. The van der Waals surface area contributed by atoms with E-state index in [0.717, 1.165) is 15.6 Å². The zero-order chi connectivity index (χ0) is 11.0. The Morgan fingerprint density at radius 2 is 2.33 bits per heavy atom. The van der Waals surface area contributed by atoms with E-state index in [4.69, 9.17) is 0 Å². The Morgan fingerprint density at radius 3 is 3.00 bits per heavy atom. The standard InChI is InChI=1S/C10H9BrN2O2/c1-5-3-6-7(11)4-12-8(6)9(13-5)10(14)15-2/h3-4,12H,1-2H3. The minimum Gasteiger partial charge on any atom is -0.464 e. The third kappa shape index (κ3) is 1.63. The van der Waals surface area contributed by atoms with Gasteiger partial charge in [0.15, 0.2) is 5.69 Å². The minimum absolute atomic E-state index is 0.318. The Balaban J connectivity index is 2.78. The molecule has 0 bridgehead atoms. The first-order valence-electron chi connectivity index (χ1n) is 4.36. The van der Waals surface area contributed by atoms with E-state index in [0.29, 0.717) is 11.2 Å². The summed E-state index contributed by atoms with van der Waals surface area (Å²) in [7, 11) is 1.34. The largest absolute Gasteiger partial charge is 0.464 e. The number of hydrogen-bond acceptors (Lipinski definition) is 3. The van der Waals surface area contributed by atoms with Crippen LogP contribution in [-0.4, -0.2) is 23.0 Å². The number of pyridine rings is 1. The van der Waals surface area contributed by atoms with Crippen molar-refractivity contribution in [1.82, 2.24) is 9.97 Å². The average Bonchev–Trinajstić information content (AvgIpc) is 2.58. The molecule has 0 aliphatic carbocycles. The second kappa shape index (κ2) is 3.66. The van der Waals surface area contributed by atoms with Crippen molar-refractivity contribution in [3.05, 3.63) is 28.1 Å². The molecule has 2 aromatic rings. The molecular weight excluding hydrogens is 260 g/mol. The molecule has 4 nitrogen and oxygen atoms in total. The van der Waals surface area contributed by atoms with Crippen LogP contribution >= 0.6 is 15.9 Å². The molecule has 5 heteroatoms. The van der Waals surface area contributed by atoms with E-state index in [2.05, 4.69) is 30.6 Å². The molecule has 0 unspecified atom stereocenters. The number of H-pyrrole nitrogens is 1. The van der Waals surface area contributed by atoms with Gasteiger partial charge >= 0.3 is 5.97 Å². The number of nitrogens with one attached hydrogen (secondary N) is 1. The van der Waals surface area contributed by atoms with Crippen molar-refractivity contribution in [3.8, 4) is 0 Å². The summed E-state index contributed by atoms with van der Waals surface area (Å²) >= 11 is 3.40.